The zero-order valence-corrected chi connectivity index (χ0v) is 9.33. The molecule has 2 rings (SSSR count). The van der Waals surface area contributed by atoms with Crippen molar-refractivity contribution >= 4 is 0 Å². The van der Waals surface area contributed by atoms with Gasteiger partial charge in [0, 0.05) is 18.8 Å². The van der Waals surface area contributed by atoms with Crippen molar-refractivity contribution in [1.29, 1.82) is 0 Å². The number of H-pyrrole nitrogens is 1. The monoisotopic (exact) mass is 209 g/mol. The quantitative estimate of drug-likeness (QED) is 0.803. The molecular formula is C11H19N3O. The maximum absolute atomic E-state index is 5.31. The normalized spacial score (nSPS) is 18.2. The standard InChI is InChI=1S/C11H19N3O/c1-10-9-11(13-12-10)3-2-4-14-5-7-15-8-6-14/h9H,2-8H2,1H3,(H,12,13). The van der Waals surface area contributed by atoms with Crippen molar-refractivity contribution in [2.24, 2.45) is 0 Å². The Labute approximate surface area is 90.6 Å². The Kier molecular flexibility index (Phi) is 3.75. The van der Waals surface area contributed by atoms with Gasteiger partial charge in [-0.15, -0.1) is 0 Å². The predicted octanol–water partition coefficient (Wildman–Crippen LogP) is 0.983. The number of aromatic nitrogens is 2. The number of aryl methyl sites for hydroxylation is 2. The van der Waals surface area contributed by atoms with Gasteiger partial charge in [-0.2, -0.15) is 5.10 Å². The van der Waals surface area contributed by atoms with E-state index < -0.39 is 0 Å². The van der Waals surface area contributed by atoms with Crippen LogP contribution in [0.1, 0.15) is 17.8 Å². The first kappa shape index (κ1) is 10.6. The van der Waals surface area contributed by atoms with Crippen molar-refractivity contribution in [1.82, 2.24) is 15.1 Å². The lowest BCUT2D eigenvalue weighted by atomic mass is 10.2. The molecule has 0 spiro atoms. The van der Waals surface area contributed by atoms with E-state index >= 15 is 0 Å². The topological polar surface area (TPSA) is 41.1 Å². The van der Waals surface area contributed by atoms with Gasteiger partial charge in [-0.05, 0) is 32.4 Å². The minimum absolute atomic E-state index is 0.890. The molecule has 0 radical (unpaired) electrons. The lowest BCUT2D eigenvalue weighted by molar-refractivity contribution is 0.0374. The van der Waals surface area contributed by atoms with Crippen LogP contribution in [0.15, 0.2) is 6.07 Å². The first-order chi connectivity index (χ1) is 7.34. The molecule has 0 unspecified atom stereocenters. The highest BCUT2D eigenvalue weighted by Crippen LogP contribution is 2.04. The second-order valence-corrected chi connectivity index (χ2v) is 4.10. The molecule has 1 aliphatic heterocycles. The van der Waals surface area contributed by atoms with Gasteiger partial charge in [0.25, 0.3) is 0 Å². The van der Waals surface area contributed by atoms with Crippen molar-refractivity contribution in [2.75, 3.05) is 32.8 Å². The summed E-state index contributed by atoms with van der Waals surface area (Å²) in [6.07, 6.45) is 2.26. The molecule has 1 fully saturated rings. The molecule has 1 saturated heterocycles. The molecule has 0 aromatic carbocycles. The average molecular weight is 209 g/mol. The SMILES string of the molecule is Cc1cc(CCCN2CCOCC2)n[nH]1. The maximum Gasteiger partial charge on any atom is 0.0625 e. The van der Waals surface area contributed by atoms with Gasteiger partial charge in [0.1, 0.15) is 0 Å². The van der Waals surface area contributed by atoms with Crippen LogP contribution in [-0.4, -0.2) is 47.9 Å². The maximum atomic E-state index is 5.31. The Bertz CT molecular complexity index is 292. The van der Waals surface area contributed by atoms with Gasteiger partial charge < -0.3 is 4.74 Å². The number of aromatic amines is 1. The molecule has 0 bridgehead atoms. The number of nitrogens with one attached hydrogen (secondary N) is 1. The summed E-state index contributed by atoms with van der Waals surface area (Å²) in [5.74, 6) is 0. The summed E-state index contributed by atoms with van der Waals surface area (Å²) in [6.45, 7) is 7.15. The van der Waals surface area contributed by atoms with E-state index in [4.69, 9.17) is 4.74 Å². The van der Waals surface area contributed by atoms with Gasteiger partial charge in [-0.3, -0.25) is 10.00 Å². The zero-order chi connectivity index (χ0) is 10.5. The zero-order valence-electron chi connectivity index (χ0n) is 9.33. The first-order valence-corrected chi connectivity index (χ1v) is 5.65. The van der Waals surface area contributed by atoms with Crippen molar-refractivity contribution in [3.8, 4) is 0 Å². The van der Waals surface area contributed by atoms with Crippen molar-refractivity contribution in [3.05, 3.63) is 17.5 Å². The Morgan fingerprint density at radius 3 is 2.93 bits per heavy atom. The van der Waals surface area contributed by atoms with E-state index in [1.165, 1.54) is 12.1 Å². The molecule has 0 atom stereocenters. The summed E-state index contributed by atoms with van der Waals surface area (Å²) in [6, 6.07) is 2.12. The summed E-state index contributed by atoms with van der Waals surface area (Å²) < 4.78 is 5.31. The third-order valence-electron chi connectivity index (χ3n) is 2.77. The van der Waals surface area contributed by atoms with Gasteiger partial charge in [0.2, 0.25) is 0 Å². The Morgan fingerprint density at radius 2 is 2.27 bits per heavy atom. The fourth-order valence-electron chi connectivity index (χ4n) is 1.91. The highest BCUT2D eigenvalue weighted by Gasteiger charge is 2.09. The van der Waals surface area contributed by atoms with Crippen LogP contribution in [0.5, 0.6) is 0 Å². The van der Waals surface area contributed by atoms with Crippen LogP contribution in [0.4, 0.5) is 0 Å². The van der Waals surface area contributed by atoms with Crippen LogP contribution in [0.25, 0.3) is 0 Å². The molecule has 4 nitrogen and oxygen atoms in total. The van der Waals surface area contributed by atoms with Gasteiger partial charge in [-0.25, -0.2) is 0 Å². The van der Waals surface area contributed by atoms with Gasteiger partial charge in [0.15, 0.2) is 0 Å². The van der Waals surface area contributed by atoms with Crippen LogP contribution >= 0.6 is 0 Å². The fraction of sp³-hybridized carbons (Fsp3) is 0.727. The van der Waals surface area contributed by atoms with Gasteiger partial charge >= 0.3 is 0 Å². The summed E-state index contributed by atoms with van der Waals surface area (Å²) in [7, 11) is 0. The lowest BCUT2D eigenvalue weighted by Gasteiger charge is -2.26. The number of hydrogen-bond acceptors (Lipinski definition) is 3. The molecule has 4 heteroatoms. The van der Waals surface area contributed by atoms with Crippen molar-refractivity contribution in [2.45, 2.75) is 19.8 Å². The van der Waals surface area contributed by atoms with E-state index in [9.17, 15) is 0 Å². The third kappa shape index (κ3) is 3.32. The highest BCUT2D eigenvalue weighted by molar-refractivity contribution is 5.06. The molecule has 1 aromatic rings. The molecule has 2 heterocycles. The largest absolute Gasteiger partial charge is 0.379 e. The molecule has 0 saturated carbocycles. The highest BCUT2D eigenvalue weighted by atomic mass is 16.5. The second-order valence-electron chi connectivity index (χ2n) is 4.10. The van der Waals surface area contributed by atoms with Gasteiger partial charge in [0.05, 0.1) is 18.9 Å². The molecular weight excluding hydrogens is 190 g/mol. The molecule has 0 amide bonds. The smallest absolute Gasteiger partial charge is 0.0625 e. The summed E-state index contributed by atoms with van der Waals surface area (Å²) in [5.41, 5.74) is 2.33. The summed E-state index contributed by atoms with van der Waals surface area (Å²) in [5, 5.41) is 7.20. The van der Waals surface area contributed by atoms with Gasteiger partial charge in [-0.1, -0.05) is 0 Å². The number of nitrogens with zero attached hydrogens (tertiary/aromatic N) is 2. The minimum Gasteiger partial charge on any atom is -0.379 e. The lowest BCUT2D eigenvalue weighted by Crippen LogP contribution is -2.36. The van der Waals surface area contributed by atoms with Crippen LogP contribution in [-0.2, 0) is 11.2 Å². The Morgan fingerprint density at radius 1 is 1.47 bits per heavy atom. The number of rotatable bonds is 4. The van der Waals surface area contributed by atoms with E-state index in [2.05, 4.69) is 21.2 Å². The fourth-order valence-corrected chi connectivity index (χ4v) is 1.91. The van der Waals surface area contributed by atoms with Crippen LogP contribution in [0.2, 0.25) is 0 Å². The van der Waals surface area contributed by atoms with E-state index in [0.29, 0.717) is 0 Å². The molecule has 84 valence electrons. The van der Waals surface area contributed by atoms with E-state index in [1.807, 2.05) is 6.92 Å². The molecule has 1 N–H and O–H groups in total. The number of hydrogen-bond donors (Lipinski definition) is 1. The van der Waals surface area contributed by atoms with Crippen LogP contribution < -0.4 is 0 Å². The number of morpholine rings is 1. The molecule has 1 aromatic heterocycles. The third-order valence-corrected chi connectivity index (χ3v) is 2.77. The minimum atomic E-state index is 0.890. The second kappa shape index (κ2) is 5.28. The predicted molar refractivity (Wildman–Crippen MR) is 58.9 cm³/mol. The van der Waals surface area contributed by atoms with Crippen molar-refractivity contribution < 1.29 is 4.74 Å². The molecule has 0 aliphatic carbocycles. The summed E-state index contributed by atoms with van der Waals surface area (Å²) in [4.78, 5) is 2.46. The van der Waals surface area contributed by atoms with Crippen LogP contribution in [0, 0.1) is 6.92 Å². The Balaban J connectivity index is 1.65. The van der Waals surface area contributed by atoms with E-state index in [0.717, 1.165) is 45.0 Å². The van der Waals surface area contributed by atoms with E-state index in [-0.39, 0.29) is 0 Å². The molecule has 1 aliphatic rings. The number of ether oxygens (including phenoxy) is 1. The van der Waals surface area contributed by atoms with E-state index in [1.54, 1.807) is 0 Å². The Hall–Kier alpha value is -0.870. The van der Waals surface area contributed by atoms with Crippen LogP contribution in [0.3, 0.4) is 0 Å². The molecule has 15 heavy (non-hydrogen) atoms. The average Bonchev–Trinajstić information content (AvgIpc) is 2.66. The summed E-state index contributed by atoms with van der Waals surface area (Å²) >= 11 is 0. The first-order valence-electron chi connectivity index (χ1n) is 5.65. The van der Waals surface area contributed by atoms with Crippen molar-refractivity contribution in [3.63, 3.8) is 0 Å².